The summed E-state index contributed by atoms with van der Waals surface area (Å²) in [6, 6.07) is 11.2. The van der Waals surface area contributed by atoms with Crippen LogP contribution in [-0.2, 0) is 9.53 Å². The van der Waals surface area contributed by atoms with Crippen LogP contribution in [0.25, 0.3) is 17.4 Å². The molecule has 2 aromatic rings. The molecule has 4 rings (SSSR count). The van der Waals surface area contributed by atoms with Gasteiger partial charge in [0.25, 0.3) is 5.91 Å². The minimum atomic E-state index is -0.238. The van der Waals surface area contributed by atoms with Crippen LogP contribution in [0.3, 0.4) is 0 Å². The van der Waals surface area contributed by atoms with Crippen LogP contribution in [0.4, 0.5) is 0 Å². The number of ether oxygens (including phenoxy) is 1. The van der Waals surface area contributed by atoms with Gasteiger partial charge in [0, 0.05) is 24.7 Å². The number of carbonyl (C=O) groups excluding carboxylic acids is 1. The first-order chi connectivity index (χ1) is 13.0. The van der Waals surface area contributed by atoms with E-state index in [9.17, 15) is 4.79 Å². The lowest BCUT2D eigenvalue weighted by molar-refractivity contribution is -0.113. The average Bonchev–Trinajstić information content (AvgIpc) is 3.22. The van der Waals surface area contributed by atoms with Crippen molar-refractivity contribution in [2.24, 2.45) is 4.99 Å². The molecule has 0 aliphatic carbocycles. The van der Waals surface area contributed by atoms with E-state index in [1.54, 1.807) is 6.08 Å². The highest BCUT2D eigenvalue weighted by molar-refractivity contribution is 8.18. The first-order valence-corrected chi connectivity index (χ1v) is 9.97. The Morgan fingerprint density at radius 2 is 1.93 bits per heavy atom. The van der Waals surface area contributed by atoms with Gasteiger partial charge in [-0.15, -0.1) is 0 Å². The van der Waals surface area contributed by atoms with Gasteiger partial charge in [0.1, 0.15) is 11.5 Å². The molecule has 0 bridgehead atoms. The largest absolute Gasteiger partial charge is 0.457 e. The van der Waals surface area contributed by atoms with Crippen molar-refractivity contribution >= 4 is 40.5 Å². The van der Waals surface area contributed by atoms with Gasteiger partial charge < -0.3 is 14.1 Å². The molecule has 27 heavy (non-hydrogen) atoms. The Balaban J connectivity index is 1.51. The fourth-order valence-corrected chi connectivity index (χ4v) is 4.37. The van der Waals surface area contributed by atoms with E-state index in [1.807, 2.05) is 50.2 Å². The molecule has 2 aliphatic heterocycles. The van der Waals surface area contributed by atoms with E-state index >= 15 is 0 Å². The molecular formula is C20H19ClN2O3S. The summed E-state index contributed by atoms with van der Waals surface area (Å²) in [4.78, 5) is 19.2. The van der Waals surface area contributed by atoms with Gasteiger partial charge in [-0.1, -0.05) is 23.7 Å². The number of benzene rings is 1. The highest BCUT2D eigenvalue weighted by Gasteiger charge is 2.31. The first kappa shape index (κ1) is 18.3. The maximum atomic E-state index is 12.3. The zero-order chi connectivity index (χ0) is 19.0. The number of amidine groups is 1. The van der Waals surface area contributed by atoms with Gasteiger partial charge in [-0.05, 0) is 49.9 Å². The number of halogens is 1. The van der Waals surface area contributed by atoms with Gasteiger partial charge in [0.2, 0.25) is 0 Å². The van der Waals surface area contributed by atoms with E-state index in [1.165, 1.54) is 11.8 Å². The van der Waals surface area contributed by atoms with Crippen LogP contribution in [0.5, 0.6) is 0 Å². The molecule has 1 amide bonds. The number of hydrogen-bond donors (Lipinski definition) is 0. The van der Waals surface area contributed by atoms with E-state index in [0.717, 1.165) is 23.8 Å². The number of morpholine rings is 1. The molecule has 0 unspecified atom stereocenters. The second-order valence-corrected chi connectivity index (χ2v) is 8.07. The molecule has 2 aliphatic rings. The molecule has 1 saturated heterocycles. The number of hydrogen-bond acceptors (Lipinski definition) is 5. The van der Waals surface area contributed by atoms with Gasteiger partial charge in [0.05, 0.1) is 22.1 Å². The summed E-state index contributed by atoms with van der Waals surface area (Å²) < 4.78 is 11.6. The third-order valence-corrected chi connectivity index (χ3v) is 5.71. The Morgan fingerprint density at radius 1 is 1.19 bits per heavy atom. The Morgan fingerprint density at radius 3 is 2.67 bits per heavy atom. The van der Waals surface area contributed by atoms with Crippen molar-refractivity contribution < 1.29 is 13.9 Å². The Kier molecular flexibility index (Phi) is 5.12. The molecule has 1 aromatic heterocycles. The zero-order valence-corrected chi connectivity index (χ0v) is 16.6. The smallest absolute Gasteiger partial charge is 0.286 e. The number of furan rings is 1. The van der Waals surface area contributed by atoms with Crippen molar-refractivity contribution in [2.75, 3.05) is 13.1 Å². The normalized spacial score (nSPS) is 24.6. The predicted molar refractivity (Wildman–Crippen MR) is 109 cm³/mol. The third kappa shape index (κ3) is 3.98. The first-order valence-electron chi connectivity index (χ1n) is 8.77. The summed E-state index contributed by atoms with van der Waals surface area (Å²) in [5.74, 6) is 1.03. The number of rotatable bonds is 2. The maximum absolute atomic E-state index is 12.3. The number of nitrogens with zero attached hydrogens (tertiary/aromatic N) is 2. The quantitative estimate of drug-likeness (QED) is 0.682. The average molecular weight is 403 g/mol. The van der Waals surface area contributed by atoms with Crippen molar-refractivity contribution in [1.29, 1.82) is 0 Å². The molecule has 0 radical (unpaired) electrons. The fraction of sp³-hybridized carbons (Fsp3) is 0.300. The Labute approximate surface area is 167 Å². The van der Waals surface area contributed by atoms with Crippen LogP contribution in [0.1, 0.15) is 19.6 Å². The second-order valence-electron chi connectivity index (χ2n) is 6.65. The lowest BCUT2D eigenvalue weighted by atomic mass is 10.2. The van der Waals surface area contributed by atoms with Gasteiger partial charge in [-0.25, -0.2) is 0 Å². The molecular weight excluding hydrogens is 384 g/mol. The highest BCUT2D eigenvalue weighted by Crippen LogP contribution is 2.34. The van der Waals surface area contributed by atoms with Crippen LogP contribution in [0, 0.1) is 0 Å². The number of aliphatic imine (C=N–C) groups is 1. The topological polar surface area (TPSA) is 55.0 Å². The molecule has 0 N–H and O–H groups in total. The number of carbonyl (C=O) groups is 1. The second kappa shape index (κ2) is 7.54. The summed E-state index contributed by atoms with van der Waals surface area (Å²) in [6.45, 7) is 5.52. The van der Waals surface area contributed by atoms with E-state index < -0.39 is 0 Å². The van der Waals surface area contributed by atoms with Crippen LogP contribution in [0.2, 0.25) is 5.02 Å². The minimum absolute atomic E-state index is 0.114. The third-order valence-electron chi connectivity index (χ3n) is 4.34. The standard InChI is InChI=1S/C20H19ClN2O3S/c1-12-10-23(11-13(2)25-12)20-22-19(24)18(27-20)9-14-7-8-17(26-14)15-5-3-4-6-16(15)21/h3-9,12-13H,10-11H2,1-2H3/b18-9+/t12-,13-/m1/s1. The maximum Gasteiger partial charge on any atom is 0.286 e. The predicted octanol–water partition coefficient (Wildman–Crippen LogP) is 4.68. The number of amides is 1. The van der Waals surface area contributed by atoms with Crippen molar-refractivity contribution in [2.45, 2.75) is 26.1 Å². The van der Waals surface area contributed by atoms with Crippen molar-refractivity contribution in [1.82, 2.24) is 4.90 Å². The van der Waals surface area contributed by atoms with Gasteiger partial charge in [-0.2, -0.15) is 4.99 Å². The summed E-state index contributed by atoms with van der Waals surface area (Å²) in [7, 11) is 0. The Bertz CT molecular complexity index is 927. The zero-order valence-electron chi connectivity index (χ0n) is 15.0. The summed E-state index contributed by atoms with van der Waals surface area (Å²) in [5, 5.41) is 1.35. The van der Waals surface area contributed by atoms with Crippen molar-refractivity contribution in [3.05, 3.63) is 52.1 Å². The monoisotopic (exact) mass is 402 g/mol. The molecule has 5 nitrogen and oxygen atoms in total. The van der Waals surface area contributed by atoms with E-state index in [-0.39, 0.29) is 18.1 Å². The molecule has 7 heteroatoms. The fourth-order valence-electron chi connectivity index (χ4n) is 3.23. The highest BCUT2D eigenvalue weighted by atomic mass is 35.5. The molecule has 2 atom stereocenters. The molecule has 1 fully saturated rings. The number of thioether (sulfide) groups is 1. The molecule has 0 saturated carbocycles. The van der Waals surface area contributed by atoms with Crippen molar-refractivity contribution in [3.8, 4) is 11.3 Å². The van der Waals surface area contributed by atoms with E-state index in [0.29, 0.717) is 21.4 Å². The molecule has 3 heterocycles. The van der Waals surface area contributed by atoms with Gasteiger partial charge >= 0.3 is 0 Å². The van der Waals surface area contributed by atoms with Crippen molar-refractivity contribution in [3.63, 3.8) is 0 Å². The SMILES string of the molecule is C[C@@H]1CN(C2=NC(=O)/C(=C\c3ccc(-c4ccccc4Cl)o3)S2)C[C@@H](C)O1. The van der Waals surface area contributed by atoms with Crippen LogP contribution >= 0.6 is 23.4 Å². The molecule has 0 spiro atoms. The van der Waals surface area contributed by atoms with Crippen LogP contribution in [-0.4, -0.2) is 41.3 Å². The van der Waals surface area contributed by atoms with Crippen LogP contribution in [0.15, 0.2) is 50.7 Å². The summed E-state index contributed by atoms with van der Waals surface area (Å²) in [5.41, 5.74) is 0.822. The summed E-state index contributed by atoms with van der Waals surface area (Å²) in [6.07, 6.45) is 1.96. The lowest BCUT2D eigenvalue weighted by Gasteiger charge is -2.35. The minimum Gasteiger partial charge on any atom is -0.457 e. The van der Waals surface area contributed by atoms with E-state index in [2.05, 4.69) is 9.89 Å². The van der Waals surface area contributed by atoms with Gasteiger partial charge in [-0.3, -0.25) is 4.79 Å². The van der Waals surface area contributed by atoms with Crippen LogP contribution < -0.4 is 0 Å². The lowest BCUT2D eigenvalue weighted by Crippen LogP contribution is -2.47. The molecule has 140 valence electrons. The molecule has 1 aromatic carbocycles. The van der Waals surface area contributed by atoms with E-state index in [4.69, 9.17) is 20.8 Å². The van der Waals surface area contributed by atoms with Gasteiger partial charge in [0.15, 0.2) is 5.17 Å². The Hall–Kier alpha value is -2.02. The summed E-state index contributed by atoms with van der Waals surface area (Å²) >= 11 is 7.60.